The molecule has 6 heteroatoms. The van der Waals surface area contributed by atoms with Gasteiger partial charge in [-0.05, 0) is 59.9 Å². The highest BCUT2D eigenvalue weighted by Crippen LogP contribution is 2.51. The number of ether oxygens (including phenoxy) is 1. The van der Waals surface area contributed by atoms with Gasteiger partial charge in [-0.3, -0.25) is 9.69 Å². The van der Waals surface area contributed by atoms with Crippen molar-refractivity contribution in [2.75, 3.05) is 13.4 Å². The third-order valence-electron chi connectivity index (χ3n) is 7.24. The van der Waals surface area contributed by atoms with E-state index in [1.807, 2.05) is 67.1 Å². The Hall–Kier alpha value is -3.84. The zero-order valence-electron chi connectivity index (χ0n) is 19.4. The number of hydrogen-bond donors (Lipinski definition) is 1. The Balaban J connectivity index is 1.73. The van der Waals surface area contributed by atoms with Gasteiger partial charge in [-0.1, -0.05) is 36.4 Å². The number of quaternary nitrogens is 1. The summed E-state index contributed by atoms with van der Waals surface area (Å²) in [5.41, 5.74) is 1.83. The molecule has 0 spiro atoms. The molecule has 1 unspecified atom stereocenters. The molecule has 0 bridgehead atoms. The van der Waals surface area contributed by atoms with Crippen LogP contribution in [-0.2, 0) is 0 Å². The van der Waals surface area contributed by atoms with Crippen LogP contribution >= 0.6 is 11.8 Å². The van der Waals surface area contributed by atoms with E-state index in [1.54, 1.807) is 43.1 Å². The number of rotatable bonds is 5. The normalized spacial score (nSPS) is 23.4. The molecule has 35 heavy (non-hydrogen) atoms. The zero-order valence-corrected chi connectivity index (χ0v) is 20.3. The van der Waals surface area contributed by atoms with Crippen molar-refractivity contribution in [3.8, 4) is 17.9 Å². The van der Waals surface area contributed by atoms with Gasteiger partial charge < -0.3 is 4.74 Å². The van der Waals surface area contributed by atoms with E-state index in [2.05, 4.69) is 12.1 Å². The molecule has 1 N–H and O–H groups in total. The van der Waals surface area contributed by atoms with E-state index in [-0.39, 0.29) is 5.78 Å². The smallest absolute Gasteiger partial charge is 0.221 e. The molecule has 0 aromatic heterocycles. The summed E-state index contributed by atoms with van der Waals surface area (Å²) in [5, 5.41) is 21.2. The highest BCUT2D eigenvalue weighted by Gasteiger charge is 2.68. The molecule has 3 aromatic carbocycles. The molecular weight excluding hydrogens is 454 g/mol. The molecule has 3 aromatic rings. The molecule has 1 fully saturated rings. The second-order valence-corrected chi connectivity index (χ2v) is 9.69. The van der Waals surface area contributed by atoms with Crippen LogP contribution in [0.1, 0.15) is 39.0 Å². The maximum Gasteiger partial charge on any atom is 0.221 e. The van der Waals surface area contributed by atoms with Crippen molar-refractivity contribution in [3.05, 3.63) is 101 Å². The SMILES string of the molecule is COc1ccc(C(=O)[C@H]2[C@H](c3ccc(SC)cc3)C(C#N)(C#N)[C@@H]3c4ccccc4C=C[NH+]32)cc1. The number of carbonyl (C=O) groups excluding carboxylic acids is 1. The van der Waals surface area contributed by atoms with Gasteiger partial charge in [0.05, 0.1) is 31.4 Å². The van der Waals surface area contributed by atoms with E-state index in [1.165, 1.54) is 0 Å². The lowest BCUT2D eigenvalue weighted by atomic mass is 9.67. The van der Waals surface area contributed by atoms with E-state index in [0.717, 1.165) is 26.5 Å². The van der Waals surface area contributed by atoms with Gasteiger partial charge >= 0.3 is 0 Å². The van der Waals surface area contributed by atoms with Gasteiger partial charge in [0, 0.05) is 16.0 Å². The molecule has 2 aliphatic heterocycles. The number of fused-ring (bicyclic) bond motifs is 3. The molecule has 1 saturated heterocycles. The van der Waals surface area contributed by atoms with E-state index in [0.29, 0.717) is 11.3 Å². The number of nitriles is 2. The van der Waals surface area contributed by atoms with Crippen molar-refractivity contribution in [2.45, 2.75) is 22.9 Å². The fourth-order valence-electron chi connectivity index (χ4n) is 5.61. The average Bonchev–Trinajstić information content (AvgIpc) is 3.23. The molecule has 0 radical (unpaired) electrons. The molecule has 172 valence electrons. The van der Waals surface area contributed by atoms with Crippen LogP contribution in [0.5, 0.6) is 5.75 Å². The van der Waals surface area contributed by atoms with Gasteiger partial charge in [0.25, 0.3) is 0 Å². The van der Waals surface area contributed by atoms with Crippen molar-refractivity contribution in [2.24, 2.45) is 5.41 Å². The molecule has 2 aliphatic rings. The predicted molar refractivity (Wildman–Crippen MR) is 135 cm³/mol. The molecule has 5 nitrogen and oxygen atoms in total. The fourth-order valence-corrected chi connectivity index (χ4v) is 6.02. The minimum absolute atomic E-state index is 0.0944. The Morgan fingerprint density at radius 3 is 2.31 bits per heavy atom. The summed E-state index contributed by atoms with van der Waals surface area (Å²) < 4.78 is 5.26. The largest absolute Gasteiger partial charge is 0.497 e. The first-order valence-electron chi connectivity index (χ1n) is 11.4. The van der Waals surface area contributed by atoms with E-state index in [4.69, 9.17) is 4.74 Å². The summed E-state index contributed by atoms with van der Waals surface area (Å²) in [5.74, 6) is -0.0422. The van der Waals surface area contributed by atoms with E-state index in [9.17, 15) is 15.3 Å². The van der Waals surface area contributed by atoms with E-state index < -0.39 is 23.4 Å². The first kappa shape index (κ1) is 22.9. The lowest BCUT2D eigenvalue weighted by Gasteiger charge is -2.29. The minimum Gasteiger partial charge on any atom is -0.497 e. The molecule has 0 saturated carbocycles. The van der Waals surface area contributed by atoms with Crippen LogP contribution in [-0.4, -0.2) is 25.2 Å². The third kappa shape index (κ3) is 3.54. The lowest BCUT2D eigenvalue weighted by Crippen LogP contribution is -3.11. The quantitative estimate of drug-likeness (QED) is 0.434. The Bertz CT molecular complexity index is 1370. The molecule has 5 rings (SSSR count). The van der Waals surface area contributed by atoms with Crippen LogP contribution in [0.2, 0.25) is 0 Å². The number of nitrogens with one attached hydrogen (secondary N) is 1. The topological polar surface area (TPSA) is 78.3 Å². The minimum atomic E-state index is -1.43. The van der Waals surface area contributed by atoms with Gasteiger partial charge in [-0.25, -0.2) is 0 Å². The second kappa shape index (κ2) is 9.07. The Labute approximate surface area is 209 Å². The highest BCUT2D eigenvalue weighted by molar-refractivity contribution is 7.98. The van der Waals surface area contributed by atoms with Crippen LogP contribution in [0.25, 0.3) is 6.08 Å². The van der Waals surface area contributed by atoms with Crippen molar-refractivity contribution in [3.63, 3.8) is 0 Å². The van der Waals surface area contributed by atoms with Gasteiger partial charge in [0.1, 0.15) is 5.75 Å². The Morgan fingerprint density at radius 1 is 1.00 bits per heavy atom. The predicted octanol–water partition coefficient (Wildman–Crippen LogP) is 4.41. The van der Waals surface area contributed by atoms with Gasteiger partial charge in [-0.15, -0.1) is 11.8 Å². The average molecular weight is 479 g/mol. The maximum atomic E-state index is 14.1. The summed E-state index contributed by atoms with van der Waals surface area (Å²) in [6, 6.07) is 26.5. The van der Waals surface area contributed by atoms with Crippen molar-refractivity contribution < 1.29 is 14.4 Å². The molecule has 2 heterocycles. The van der Waals surface area contributed by atoms with E-state index >= 15 is 0 Å². The molecule has 0 aliphatic carbocycles. The van der Waals surface area contributed by atoms with Crippen LogP contribution in [0.3, 0.4) is 0 Å². The monoisotopic (exact) mass is 478 g/mol. The first-order valence-corrected chi connectivity index (χ1v) is 12.6. The van der Waals surface area contributed by atoms with Crippen LogP contribution in [0.4, 0.5) is 0 Å². The van der Waals surface area contributed by atoms with Gasteiger partial charge in [0.15, 0.2) is 12.1 Å². The standard InChI is InChI=1S/C29H23N3O2S/c1-34-22-11-7-21(8-12-22)27(33)26-25(20-9-13-23(35-2)14-10-20)29(17-30,18-31)28-24-6-4-3-5-19(24)15-16-32(26)28/h3-16,25-26,28H,1-2H3/p+1/t25-,26+,28-/m0/s1. The van der Waals surface area contributed by atoms with Gasteiger partial charge in [-0.2, -0.15) is 10.5 Å². The fraction of sp³-hybridized carbons (Fsp3) is 0.207. The molecule has 4 atom stereocenters. The van der Waals surface area contributed by atoms with Crippen molar-refractivity contribution >= 4 is 23.6 Å². The second-order valence-electron chi connectivity index (χ2n) is 8.81. The number of nitrogens with zero attached hydrogens (tertiary/aromatic N) is 2. The molecular formula is C29H24N3O2S+. The number of ketones is 1. The Kier molecular flexibility index (Phi) is 5.94. The third-order valence-corrected chi connectivity index (χ3v) is 7.98. The maximum absolute atomic E-state index is 14.1. The lowest BCUT2D eigenvalue weighted by molar-refractivity contribution is -0.885. The number of Topliss-reactive ketones (excluding diaryl/α,β-unsaturated/α-hetero) is 1. The summed E-state index contributed by atoms with van der Waals surface area (Å²) in [6.07, 6.45) is 5.95. The summed E-state index contributed by atoms with van der Waals surface area (Å²) in [6.45, 7) is 0. The summed E-state index contributed by atoms with van der Waals surface area (Å²) >= 11 is 1.62. The number of methoxy groups -OCH3 is 1. The number of carbonyl (C=O) groups is 1. The number of hydrogen-bond acceptors (Lipinski definition) is 5. The van der Waals surface area contributed by atoms with Crippen LogP contribution in [0, 0.1) is 28.1 Å². The van der Waals surface area contributed by atoms with Crippen molar-refractivity contribution in [1.29, 1.82) is 10.5 Å². The summed E-state index contributed by atoms with van der Waals surface area (Å²) in [7, 11) is 1.58. The zero-order chi connectivity index (χ0) is 24.6. The summed E-state index contributed by atoms with van der Waals surface area (Å²) in [4.78, 5) is 16.0. The van der Waals surface area contributed by atoms with Gasteiger partial charge in [0.2, 0.25) is 11.2 Å². The van der Waals surface area contributed by atoms with Crippen molar-refractivity contribution in [1.82, 2.24) is 0 Å². The number of thioether (sulfide) groups is 1. The highest BCUT2D eigenvalue weighted by atomic mass is 32.2. The first-order chi connectivity index (χ1) is 17.1. The van der Waals surface area contributed by atoms with Crippen LogP contribution in [0.15, 0.2) is 83.9 Å². The Morgan fingerprint density at radius 2 is 1.69 bits per heavy atom. The van der Waals surface area contributed by atoms with Crippen LogP contribution < -0.4 is 9.64 Å². The molecule has 0 amide bonds. The number of benzene rings is 3.